The highest BCUT2D eigenvalue weighted by atomic mass is 16.6. The second-order valence-electron chi connectivity index (χ2n) is 6.90. The van der Waals surface area contributed by atoms with E-state index < -0.39 is 22.3 Å². The SMILES string of the molecule is O=C(OCCO)C(Cc1ccc([N+](=O)[O-])cc1)N=C1CC(=O)C12CCOCC2. The monoisotopic (exact) mass is 390 g/mol. The van der Waals surface area contributed by atoms with E-state index in [0.29, 0.717) is 37.3 Å². The number of Topliss-reactive ketones (excluding diaryl/α,β-unsaturated/α-hetero) is 1. The minimum Gasteiger partial charge on any atom is -0.462 e. The van der Waals surface area contributed by atoms with Gasteiger partial charge in [0.1, 0.15) is 12.4 Å². The predicted octanol–water partition coefficient (Wildman–Crippen LogP) is 1.25. The maximum Gasteiger partial charge on any atom is 0.331 e. The number of nitro benzene ring substituents is 1. The fraction of sp³-hybridized carbons (Fsp3) is 0.526. The Morgan fingerprint density at radius 3 is 2.57 bits per heavy atom. The van der Waals surface area contributed by atoms with E-state index >= 15 is 0 Å². The summed E-state index contributed by atoms with van der Waals surface area (Å²) < 4.78 is 10.4. The van der Waals surface area contributed by atoms with Crippen LogP contribution in [0.15, 0.2) is 29.3 Å². The molecule has 1 atom stereocenters. The van der Waals surface area contributed by atoms with E-state index in [-0.39, 0.29) is 37.5 Å². The van der Waals surface area contributed by atoms with Gasteiger partial charge in [-0.25, -0.2) is 4.79 Å². The van der Waals surface area contributed by atoms with Gasteiger partial charge >= 0.3 is 5.97 Å². The number of hydrogen-bond donors (Lipinski definition) is 1. The summed E-state index contributed by atoms with van der Waals surface area (Å²) >= 11 is 0. The van der Waals surface area contributed by atoms with Crippen LogP contribution in [0.25, 0.3) is 0 Å². The van der Waals surface area contributed by atoms with Crippen molar-refractivity contribution < 1.29 is 29.1 Å². The number of carbonyl (C=O) groups is 2. The van der Waals surface area contributed by atoms with Gasteiger partial charge in [-0.15, -0.1) is 0 Å². The third-order valence-electron chi connectivity index (χ3n) is 5.26. The number of nitro groups is 1. The lowest BCUT2D eigenvalue weighted by molar-refractivity contribution is -0.384. The van der Waals surface area contributed by atoms with Crippen molar-refractivity contribution in [2.75, 3.05) is 26.4 Å². The van der Waals surface area contributed by atoms with Crippen molar-refractivity contribution >= 4 is 23.2 Å². The van der Waals surface area contributed by atoms with Crippen molar-refractivity contribution in [3.05, 3.63) is 39.9 Å². The number of ketones is 1. The highest BCUT2D eigenvalue weighted by molar-refractivity contribution is 6.27. The molecule has 1 N–H and O–H groups in total. The molecule has 1 spiro atoms. The largest absolute Gasteiger partial charge is 0.462 e. The lowest BCUT2D eigenvalue weighted by Crippen LogP contribution is -2.54. The second kappa shape index (κ2) is 8.57. The number of ether oxygens (including phenoxy) is 2. The molecule has 1 heterocycles. The van der Waals surface area contributed by atoms with Crippen LogP contribution >= 0.6 is 0 Å². The number of non-ortho nitro benzene ring substituents is 1. The number of hydrogen-bond acceptors (Lipinski definition) is 8. The zero-order valence-corrected chi connectivity index (χ0v) is 15.3. The van der Waals surface area contributed by atoms with E-state index in [0.717, 1.165) is 0 Å². The number of aliphatic hydroxyl groups is 1. The summed E-state index contributed by atoms with van der Waals surface area (Å²) in [6.07, 6.45) is 1.51. The summed E-state index contributed by atoms with van der Waals surface area (Å²) in [6, 6.07) is 4.99. The van der Waals surface area contributed by atoms with Crippen molar-refractivity contribution in [3.8, 4) is 0 Å². The number of benzene rings is 1. The molecule has 150 valence electrons. The minimum atomic E-state index is -0.879. The molecular formula is C19H22N2O7. The van der Waals surface area contributed by atoms with Crippen LogP contribution in [0.4, 0.5) is 5.69 Å². The molecule has 28 heavy (non-hydrogen) atoms. The lowest BCUT2D eigenvalue weighted by Gasteiger charge is -2.44. The van der Waals surface area contributed by atoms with Crippen LogP contribution in [0, 0.1) is 15.5 Å². The lowest BCUT2D eigenvalue weighted by atomic mass is 9.61. The number of aliphatic imine (C=N–C) groups is 1. The minimum absolute atomic E-state index is 0.0415. The zero-order valence-electron chi connectivity index (χ0n) is 15.3. The molecule has 0 amide bonds. The van der Waals surface area contributed by atoms with Crippen molar-refractivity contribution in [1.29, 1.82) is 0 Å². The van der Waals surface area contributed by atoms with Crippen LogP contribution < -0.4 is 0 Å². The Labute approximate surface area is 161 Å². The molecule has 1 saturated carbocycles. The molecule has 1 aliphatic carbocycles. The summed E-state index contributed by atoms with van der Waals surface area (Å²) in [4.78, 5) is 39.6. The molecular weight excluding hydrogens is 368 g/mol. The molecule has 1 saturated heterocycles. The zero-order chi connectivity index (χ0) is 20.1. The third-order valence-corrected chi connectivity index (χ3v) is 5.26. The first-order chi connectivity index (χ1) is 13.5. The quantitative estimate of drug-likeness (QED) is 0.421. The Morgan fingerprint density at radius 2 is 2.00 bits per heavy atom. The average molecular weight is 390 g/mol. The summed E-state index contributed by atoms with van der Waals surface area (Å²) in [5.41, 5.74) is 0.699. The summed E-state index contributed by atoms with van der Waals surface area (Å²) in [5, 5.41) is 19.7. The summed E-state index contributed by atoms with van der Waals surface area (Å²) in [5.74, 6) is -0.478. The normalized spacial score (nSPS) is 20.6. The number of nitrogens with zero attached hydrogens (tertiary/aromatic N) is 2. The second-order valence-corrected chi connectivity index (χ2v) is 6.90. The first kappa shape index (κ1) is 20.1. The number of aliphatic hydroxyl groups excluding tert-OH is 1. The van der Waals surface area contributed by atoms with Gasteiger partial charge in [0.25, 0.3) is 5.69 Å². The van der Waals surface area contributed by atoms with Gasteiger partial charge in [-0.1, -0.05) is 12.1 Å². The molecule has 1 aliphatic heterocycles. The van der Waals surface area contributed by atoms with Crippen LogP contribution in [0.2, 0.25) is 0 Å². The van der Waals surface area contributed by atoms with Gasteiger partial charge in [0.15, 0.2) is 6.04 Å². The average Bonchev–Trinajstić information content (AvgIpc) is 2.72. The fourth-order valence-electron chi connectivity index (χ4n) is 3.59. The topological polar surface area (TPSA) is 128 Å². The van der Waals surface area contributed by atoms with E-state index in [1.807, 2.05) is 0 Å². The van der Waals surface area contributed by atoms with Gasteiger partial charge in [-0.3, -0.25) is 19.9 Å². The first-order valence-electron chi connectivity index (χ1n) is 9.15. The maximum absolute atomic E-state index is 12.5. The van der Waals surface area contributed by atoms with Gasteiger partial charge in [0.05, 0.1) is 16.9 Å². The summed E-state index contributed by atoms with van der Waals surface area (Å²) in [7, 11) is 0. The molecule has 2 fully saturated rings. The molecule has 1 unspecified atom stereocenters. The van der Waals surface area contributed by atoms with Crippen molar-refractivity contribution in [2.24, 2.45) is 10.4 Å². The van der Waals surface area contributed by atoms with Crippen LogP contribution in [0.5, 0.6) is 0 Å². The molecule has 1 aromatic rings. The fourth-order valence-corrected chi connectivity index (χ4v) is 3.59. The van der Waals surface area contributed by atoms with Crippen LogP contribution in [0.1, 0.15) is 24.8 Å². The van der Waals surface area contributed by atoms with E-state index in [1.165, 1.54) is 12.1 Å². The van der Waals surface area contributed by atoms with Gasteiger partial charge in [0.2, 0.25) is 0 Å². The van der Waals surface area contributed by atoms with E-state index in [2.05, 4.69) is 4.99 Å². The Kier molecular flexibility index (Phi) is 6.15. The predicted molar refractivity (Wildman–Crippen MR) is 98.2 cm³/mol. The smallest absolute Gasteiger partial charge is 0.331 e. The van der Waals surface area contributed by atoms with Gasteiger partial charge in [0, 0.05) is 43.9 Å². The molecule has 2 aliphatic rings. The van der Waals surface area contributed by atoms with Crippen LogP contribution in [-0.2, 0) is 25.5 Å². The molecule has 9 heteroatoms. The number of carbonyl (C=O) groups excluding carboxylic acids is 2. The Morgan fingerprint density at radius 1 is 1.32 bits per heavy atom. The Balaban J connectivity index is 1.81. The number of rotatable bonds is 7. The molecule has 9 nitrogen and oxygen atoms in total. The van der Waals surface area contributed by atoms with E-state index in [4.69, 9.17) is 14.6 Å². The summed E-state index contributed by atoms with van der Waals surface area (Å²) in [6.45, 7) is 0.518. The van der Waals surface area contributed by atoms with Gasteiger partial charge in [-0.2, -0.15) is 0 Å². The Bertz CT molecular complexity index is 782. The highest BCUT2D eigenvalue weighted by Crippen LogP contribution is 2.43. The standard InChI is InChI=1S/C19H22N2O7/c22-7-10-28-18(24)15(11-13-1-3-14(4-2-13)21(25)26)20-16-12-17(23)19(16)5-8-27-9-6-19/h1-4,15,22H,5-12H2. The van der Waals surface area contributed by atoms with Gasteiger partial charge < -0.3 is 14.6 Å². The third kappa shape index (κ3) is 4.10. The van der Waals surface area contributed by atoms with Crippen LogP contribution in [0.3, 0.4) is 0 Å². The molecule has 0 bridgehead atoms. The van der Waals surface area contributed by atoms with Gasteiger partial charge in [-0.05, 0) is 18.4 Å². The maximum atomic E-state index is 12.5. The molecule has 1 aromatic carbocycles. The molecule has 0 radical (unpaired) electrons. The van der Waals surface area contributed by atoms with E-state index in [1.54, 1.807) is 12.1 Å². The van der Waals surface area contributed by atoms with Crippen molar-refractivity contribution in [1.82, 2.24) is 0 Å². The van der Waals surface area contributed by atoms with Crippen LogP contribution in [-0.4, -0.2) is 60.0 Å². The number of esters is 1. The molecule has 0 aromatic heterocycles. The van der Waals surface area contributed by atoms with E-state index in [9.17, 15) is 19.7 Å². The Hall–Kier alpha value is -2.65. The van der Waals surface area contributed by atoms with Crippen molar-refractivity contribution in [2.45, 2.75) is 31.7 Å². The molecule has 3 rings (SSSR count). The first-order valence-corrected chi connectivity index (χ1v) is 9.15. The van der Waals surface area contributed by atoms with Crippen molar-refractivity contribution in [3.63, 3.8) is 0 Å². The highest BCUT2D eigenvalue weighted by Gasteiger charge is 2.52.